The number of hydrogen-bond acceptors (Lipinski definition) is 21. The molecule has 2 heterocycles. The highest BCUT2D eigenvalue weighted by molar-refractivity contribution is 6.41. The number of allylic oxidation sites excluding steroid dienone is 1. The Bertz CT molecular complexity index is 4170. The molecule has 25 nitrogen and oxygen atoms in total. The molecule has 0 radical (unpaired) electrons. The number of nitrogens with one attached hydrogen (secondary N) is 3. The molecule has 1 unspecified atom stereocenters. The molecule has 25 heteroatoms. The van der Waals surface area contributed by atoms with Crippen molar-refractivity contribution in [3.05, 3.63) is 172 Å². The molecular formula is C82H99N5O20. The van der Waals surface area contributed by atoms with Crippen LogP contribution in [0.5, 0.6) is 11.5 Å². The highest BCUT2D eigenvalue weighted by Gasteiger charge is 2.78. The van der Waals surface area contributed by atoms with E-state index in [4.69, 9.17) is 38.9 Å². The summed E-state index contributed by atoms with van der Waals surface area (Å²) in [6.07, 6.45) is -10.2. The third kappa shape index (κ3) is 16.4. The van der Waals surface area contributed by atoms with E-state index in [1.807, 2.05) is 19.1 Å². The lowest BCUT2D eigenvalue weighted by Gasteiger charge is -2.67. The molecule has 5 aliphatic rings. The zero-order chi connectivity index (χ0) is 77.5. The minimum Gasteiger partial charge on any atom is -0.493 e. The lowest BCUT2D eigenvalue weighted by atomic mass is 9.44. The van der Waals surface area contributed by atoms with Crippen molar-refractivity contribution < 1.29 is 96.4 Å². The number of hydrogen-bond donors (Lipinski definition) is 7. The van der Waals surface area contributed by atoms with Crippen molar-refractivity contribution in [3.63, 3.8) is 0 Å². The summed E-state index contributed by atoms with van der Waals surface area (Å²) in [5, 5.41) is 47.5. The molecule has 10 rings (SSSR count). The van der Waals surface area contributed by atoms with Gasteiger partial charge >= 0.3 is 24.1 Å². The van der Waals surface area contributed by atoms with Crippen molar-refractivity contribution in [3.8, 4) is 11.5 Å². The number of fused-ring (bicyclic) bond motifs is 5. The Hall–Kier alpha value is -9.66. The van der Waals surface area contributed by atoms with Crippen LogP contribution in [0.1, 0.15) is 169 Å². The highest BCUT2D eigenvalue weighted by atomic mass is 16.6. The maximum atomic E-state index is 16.4. The van der Waals surface area contributed by atoms with Crippen molar-refractivity contribution in [1.29, 1.82) is 0 Å². The molecule has 2 bridgehead atoms. The van der Waals surface area contributed by atoms with Gasteiger partial charge in [-0.3, -0.25) is 38.5 Å². The number of carbonyl (C=O) groups excluding carboxylic acids is 10. The number of piperidine rings is 1. The van der Waals surface area contributed by atoms with Crippen molar-refractivity contribution in [2.24, 2.45) is 33.8 Å². The number of nitrogens with two attached hydrogens (primary N) is 1. The van der Waals surface area contributed by atoms with E-state index in [0.29, 0.717) is 60.4 Å². The predicted octanol–water partition coefficient (Wildman–Crippen LogP) is 9.57. The van der Waals surface area contributed by atoms with Crippen LogP contribution in [0.4, 0.5) is 15.3 Å². The standard InChI is InChI=1S/C82H99N5O20/c1-11-78(4,5)70(93)66(91)57-34-21-22-40-87(57)77(99)104-59(37-35-49-36-38-60(101-9)61(41-49)102-10)53-31-23-32-55(42-53)85-74(96)56(83)33-24-39-84-76(98)105-68-64-47(2)54(43-58(89)67(92)65(50-25-15-12-16-26-50)86-73(95)51-27-17-13-18-28-51)45-82(100,79(64,6)7)72(106-75(97)52-29-19-14-20-30-52)69-80(8,71(68)94)62(90)44-63-81(69,46-103-63)107-48(3)88/h12-20,23,25-32,36,38,41-42,54,56-57,59,62-63,65,67-69,72,90,92,100H,11,21-22,24,33-35,37,39-40,43-46,83H2,1-10H3,(H,84,98)(H,85,96)(H,86,95)/t54-,56-,57?,59-,62-,63+,65-,67-,68+,69-,72-,80+,81-,82+/m0/s1. The largest absolute Gasteiger partial charge is 0.493 e. The van der Waals surface area contributed by atoms with E-state index in [9.17, 15) is 53.7 Å². The fraction of sp³-hybridized carbons (Fsp3) is 0.488. The number of likely N-dealkylation sites (tertiary alicyclic amines) is 1. The molecular weight excluding hydrogens is 1370 g/mol. The maximum Gasteiger partial charge on any atom is 0.411 e. The molecule has 0 aromatic heterocycles. The number of nitrogens with zero attached hydrogens (tertiary/aromatic N) is 1. The second-order valence-electron chi connectivity index (χ2n) is 30.1. The van der Waals surface area contributed by atoms with Gasteiger partial charge in [0.2, 0.25) is 17.5 Å². The van der Waals surface area contributed by atoms with Crippen molar-refractivity contribution in [2.75, 3.05) is 39.2 Å². The number of anilines is 1. The number of carbonyl (C=O) groups is 10. The van der Waals surface area contributed by atoms with E-state index in [1.165, 1.54) is 38.2 Å². The number of methoxy groups -OCH3 is 2. The number of esters is 2. The van der Waals surface area contributed by atoms with Crippen LogP contribution in [0, 0.1) is 28.1 Å². The number of ketones is 4. The Morgan fingerprint density at radius 3 is 2.09 bits per heavy atom. The summed E-state index contributed by atoms with van der Waals surface area (Å²) < 4.78 is 42.5. The molecule has 4 amide bonds. The minimum absolute atomic E-state index is 0.0170. The number of aryl methyl sites for hydroxylation is 1. The van der Waals surface area contributed by atoms with Crippen LogP contribution in [0.15, 0.2) is 145 Å². The topological polar surface area (TPSA) is 361 Å². The average molecular weight is 1470 g/mol. The highest BCUT2D eigenvalue weighted by Crippen LogP contribution is 2.65. The molecule has 5 aromatic carbocycles. The number of aliphatic hydroxyl groups excluding tert-OH is 2. The van der Waals surface area contributed by atoms with Gasteiger partial charge in [0.05, 0.1) is 55.9 Å². The smallest absolute Gasteiger partial charge is 0.411 e. The van der Waals surface area contributed by atoms with E-state index in [2.05, 4.69) is 16.0 Å². The Morgan fingerprint density at radius 2 is 1.46 bits per heavy atom. The quantitative estimate of drug-likeness (QED) is 0.00805. The number of ether oxygens (including phenoxy) is 7. The molecule has 0 spiro atoms. The van der Waals surface area contributed by atoms with Gasteiger partial charge in [0.25, 0.3) is 5.91 Å². The summed E-state index contributed by atoms with van der Waals surface area (Å²) >= 11 is 0. The van der Waals surface area contributed by atoms with Crippen LogP contribution in [0.25, 0.3) is 0 Å². The maximum absolute atomic E-state index is 16.4. The molecule has 3 aliphatic carbocycles. The van der Waals surface area contributed by atoms with Crippen molar-refractivity contribution in [2.45, 2.75) is 192 Å². The van der Waals surface area contributed by atoms with Crippen LogP contribution < -0.4 is 31.2 Å². The molecule has 572 valence electrons. The Morgan fingerprint density at radius 1 is 0.804 bits per heavy atom. The summed E-state index contributed by atoms with van der Waals surface area (Å²) in [6, 6.07) is 33.0. The minimum atomic E-state index is -2.44. The molecule has 2 aliphatic heterocycles. The fourth-order valence-electron chi connectivity index (χ4n) is 16.2. The van der Waals surface area contributed by atoms with Gasteiger partial charge in [-0.05, 0) is 148 Å². The lowest BCUT2D eigenvalue weighted by Crippen LogP contribution is -2.81. The van der Waals surface area contributed by atoms with E-state index < -0.39 is 166 Å². The number of alkyl carbamates (subject to hydrolysis) is 1. The normalized spacial score (nSPS) is 25.5. The van der Waals surface area contributed by atoms with Gasteiger partial charge in [0.15, 0.2) is 34.8 Å². The molecule has 107 heavy (non-hydrogen) atoms. The van der Waals surface area contributed by atoms with Crippen LogP contribution >= 0.6 is 0 Å². The summed E-state index contributed by atoms with van der Waals surface area (Å²) in [7, 11) is 3.04. The Kier molecular flexibility index (Phi) is 24.8. The van der Waals surface area contributed by atoms with Crippen LogP contribution in [0.3, 0.4) is 0 Å². The van der Waals surface area contributed by atoms with Gasteiger partial charge in [-0.1, -0.05) is 125 Å². The van der Waals surface area contributed by atoms with Gasteiger partial charge in [-0.15, -0.1) is 0 Å². The van der Waals surface area contributed by atoms with E-state index in [-0.39, 0.29) is 67.7 Å². The van der Waals surface area contributed by atoms with Crippen molar-refractivity contribution >= 4 is 64.8 Å². The monoisotopic (exact) mass is 1470 g/mol. The Balaban J connectivity index is 0.909. The molecule has 2 saturated carbocycles. The first-order valence-electron chi connectivity index (χ1n) is 36.6. The molecule has 2 saturated heterocycles. The van der Waals surface area contributed by atoms with Crippen LogP contribution in [-0.4, -0.2) is 167 Å². The Labute approximate surface area is 622 Å². The van der Waals surface area contributed by atoms with Gasteiger partial charge in [0.1, 0.15) is 36.1 Å². The second kappa shape index (κ2) is 33.2. The van der Waals surface area contributed by atoms with Gasteiger partial charge in [0, 0.05) is 54.9 Å². The molecule has 5 aromatic rings. The van der Waals surface area contributed by atoms with Crippen LogP contribution in [0.2, 0.25) is 0 Å². The van der Waals surface area contributed by atoms with E-state index in [1.54, 1.807) is 144 Å². The third-order valence-corrected chi connectivity index (χ3v) is 22.9. The summed E-state index contributed by atoms with van der Waals surface area (Å²) in [4.78, 5) is 145. The summed E-state index contributed by atoms with van der Waals surface area (Å²) in [5.74, 6) is -7.77. The first-order chi connectivity index (χ1) is 50.8. The van der Waals surface area contributed by atoms with Crippen molar-refractivity contribution in [1.82, 2.24) is 15.5 Å². The van der Waals surface area contributed by atoms with Gasteiger partial charge in [-0.25, -0.2) is 14.4 Å². The van der Waals surface area contributed by atoms with Crippen LogP contribution in [-0.2, 0) is 58.9 Å². The first-order valence-corrected chi connectivity index (χ1v) is 36.6. The predicted molar refractivity (Wildman–Crippen MR) is 391 cm³/mol. The SMILES string of the molecule is CCC(C)(C)C(=O)C(=O)C1CCCCN1C(=O)O[C@@H](CCc1ccc(OC)c(OC)c1)c1cccc(NC(=O)[C@@H](N)CCCNC(=O)O[C@H]2C(=O)[C@@]3(C)[C@H]([C@H](OC(=O)c4ccccc4)[C@]4(O)C[C@H](CC(=O)[C@H](O)[C@@H](NC(=O)c5ccccc5)c5ccccc5)C(C)=C2C4(C)C)[C@]2(OC(C)=O)CO[C@@H]2C[C@@H]3O)c1. The zero-order valence-electron chi connectivity index (χ0n) is 62.3. The van der Waals surface area contributed by atoms with Gasteiger partial charge < -0.3 is 70.2 Å². The zero-order valence-corrected chi connectivity index (χ0v) is 62.3. The molecule has 4 fully saturated rings. The first kappa shape index (κ1) is 79.9. The third-order valence-electron chi connectivity index (χ3n) is 22.9. The summed E-state index contributed by atoms with van der Waals surface area (Å²) in [6.45, 7) is 12.1. The lowest BCUT2D eigenvalue weighted by molar-refractivity contribution is -0.345. The fourth-order valence-corrected chi connectivity index (χ4v) is 16.2. The molecule has 8 N–H and O–H groups in total. The molecule has 14 atom stereocenters. The average Bonchev–Trinajstić information content (AvgIpc) is 0.668. The van der Waals surface area contributed by atoms with E-state index in [0.717, 1.165) is 12.5 Å². The second-order valence-corrected chi connectivity index (χ2v) is 30.1. The van der Waals surface area contributed by atoms with Gasteiger partial charge in [-0.2, -0.15) is 0 Å². The summed E-state index contributed by atoms with van der Waals surface area (Å²) in [5.41, 5.74) is -0.158. The number of amides is 4. The van der Waals surface area contributed by atoms with E-state index >= 15 is 9.59 Å². The number of Topliss-reactive ketones (excluding diaryl/α,β-unsaturated/α-hetero) is 4. The number of benzene rings is 5. The number of rotatable bonds is 28. The number of aliphatic hydroxyl groups is 3.